The van der Waals surface area contributed by atoms with Crippen LogP contribution < -0.4 is 9.47 Å². The maximum atomic E-state index is 12.4. The molecule has 0 atom stereocenters. The second-order valence-corrected chi connectivity index (χ2v) is 7.22. The summed E-state index contributed by atoms with van der Waals surface area (Å²) in [6.45, 7) is 2.90. The van der Waals surface area contributed by atoms with Gasteiger partial charge >= 0.3 is 5.97 Å². The van der Waals surface area contributed by atoms with E-state index in [1.54, 1.807) is 67.1 Å². The van der Waals surface area contributed by atoms with E-state index in [9.17, 15) is 4.79 Å². The van der Waals surface area contributed by atoms with Crippen LogP contribution in [0.2, 0.25) is 0 Å². The molecular weight excluding hydrogens is 388 g/mol. The second-order valence-electron chi connectivity index (χ2n) is 7.22. The molecule has 160 valence electrons. The van der Waals surface area contributed by atoms with Gasteiger partial charge in [0.15, 0.2) is 0 Å². The Kier molecular flexibility index (Phi) is 8.80. The maximum absolute atomic E-state index is 12.4. The van der Waals surface area contributed by atoms with E-state index < -0.39 is 5.97 Å². The zero-order valence-electron chi connectivity index (χ0n) is 17.9. The number of ether oxygens (including phenoxy) is 2. The Morgan fingerprint density at radius 2 is 1.68 bits per heavy atom. The topological polar surface area (TPSA) is 60.8 Å². The number of carbonyl (C=O) groups is 1. The van der Waals surface area contributed by atoms with E-state index in [4.69, 9.17) is 9.47 Å². The van der Waals surface area contributed by atoms with Crippen LogP contribution in [-0.2, 0) is 0 Å². The Morgan fingerprint density at radius 1 is 0.935 bits per heavy atom. The van der Waals surface area contributed by atoms with E-state index in [0.717, 1.165) is 23.4 Å². The standard InChI is InChI=1S/C26H28N2O3/c1-2-3-4-5-6-18-30-24-13-9-22(10-14-24)26(29)31-25-15-11-23(12-16-25)28-20-21-8-7-17-27-19-21/h7-17,19-20H,2-6,18H2,1H3. The summed E-state index contributed by atoms with van der Waals surface area (Å²) in [5.74, 6) is 0.832. The minimum Gasteiger partial charge on any atom is -0.494 e. The number of rotatable bonds is 11. The molecule has 5 nitrogen and oxygen atoms in total. The van der Waals surface area contributed by atoms with Gasteiger partial charge in [-0.15, -0.1) is 0 Å². The summed E-state index contributed by atoms with van der Waals surface area (Å²) < 4.78 is 11.2. The van der Waals surface area contributed by atoms with Crippen molar-refractivity contribution in [2.75, 3.05) is 6.61 Å². The highest BCUT2D eigenvalue weighted by atomic mass is 16.5. The molecule has 0 unspecified atom stereocenters. The summed E-state index contributed by atoms with van der Waals surface area (Å²) in [7, 11) is 0. The lowest BCUT2D eigenvalue weighted by atomic mass is 10.2. The number of pyridine rings is 1. The van der Waals surface area contributed by atoms with Gasteiger partial charge < -0.3 is 9.47 Å². The summed E-state index contributed by atoms with van der Waals surface area (Å²) >= 11 is 0. The molecule has 0 N–H and O–H groups in total. The van der Waals surface area contributed by atoms with E-state index in [1.165, 1.54) is 25.7 Å². The molecule has 0 amide bonds. The maximum Gasteiger partial charge on any atom is 0.343 e. The smallest absolute Gasteiger partial charge is 0.343 e. The largest absolute Gasteiger partial charge is 0.494 e. The van der Waals surface area contributed by atoms with Gasteiger partial charge in [0.05, 0.1) is 17.9 Å². The number of unbranched alkanes of at least 4 members (excludes halogenated alkanes) is 4. The lowest BCUT2D eigenvalue weighted by Crippen LogP contribution is -2.08. The fraction of sp³-hybridized carbons (Fsp3) is 0.269. The Bertz CT molecular complexity index is 952. The molecule has 0 fully saturated rings. The second kappa shape index (κ2) is 12.3. The van der Waals surface area contributed by atoms with Crippen molar-refractivity contribution in [3.05, 3.63) is 84.2 Å². The molecule has 0 aliphatic heterocycles. The molecule has 1 aromatic heterocycles. The van der Waals surface area contributed by atoms with E-state index in [2.05, 4.69) is 16.9 Å². The third kappa shape index (κ3) is 7.70. The van der Waals surface area contributed by atoms with Crippen molar-refractivity contribution < 1.29 is 14.3 Å². The summed E-state index contributed by atoms with van der Waals surface area (Å²) in [5, 5.41) is 0. The predicted octanol–water partition coefficient (Wildman–Crippen LogP) is 6.40. The summed E-state index contributed by atoms with van der Waals surface area (Å²) in [4.78, 5) is 20.8. The molecule has 0 aliphatic rings. The zero-order valence-corrected chi connectivity index (χ0v) is 17.9. The van der Waals surface area contributed by atoms with Crippen LogP contribution in [0.5, 0.6) is 11.5 Å². The van der Waals surface area contributed by atoms with Gasteiger partial charge in [0.2, 0.25) is 0 Å². The van der Waals surface area contributed by atoms with Gasteiger partial charge in [-0.25, -0.2) is 4.79 Å². The van der Waals surface area contributed by atoms with E-state index >= 15 is 0 Å². The van der Waals surface area contributed by atoms with Crippen molar-refractivity contribution in [3.63, 3.8) is 0 Å². The molecule has 5 heteroatoms. The molecule has 1 heterocycles. The van der Waals surface area contributed by atoms with Crippen molar-refractivity contribution >= 4 is 17.9 Å². The van der Waals surface area contributed by atoms with Crippen molar-refractivity contribution in [3.8, 4) is 11.5 Å². The Balaban J connectivity index is 1.46. The number of benzene rings is 2. The average molecular weight is 417 g/mol. The molecule has 3 aromatic rings. The molecule has 3 rings (SSSR count). The molecule has 0 saturated heterocycles. The summed E-state index contributed by atoms with van der Waals surface area (Å²) in [5.41, 5.74) is 2.16. The first-order valence-corrected chi connectivity index (χ1v) is 10.7. The van der Waals surface area contributed by atoms with Crippen molar-refractivity contribution in [1.82, 2.24) is 4.98 Å². The average Bonchev–Trinajstić information content (AvgIpc) is 2.82. The highest BCUT2D eigenvalue weighted by Gasteiger charge is 2.09. The normalized spacial score (nSPS) is 10.9. The number of nitrogens with zero attached hydrogens (tertiary/aromatic N) is 2. The van der Waals surface area contributed by atoms with Gasteiger partial charge in [0.25, 0.3) is 0 Å². The first-order chi connectivity index (χ1) is 15.2. The van der Waals surface area contributed by atoms with Crippen LogP contribution in [0.3, 0.4) is 0 Å². The van der Waals surface area contributed by atoms with Crippen LogP contribution in [0.1, 0.15) is 54.9 Å². The van der Waals surface area contributed by atoms with Crippen molar-refractivity contribution in [2.45, 2.75) is 39.0 Å². The summed E-state index contributed by atoms with van der Waals surface area (Å²) in [6, 6.07) is 17.9. The molecule has 31 heavy (non-hydrogen) atoms. The third-order valence-electron chi connectivity index (χ3n) is 4.70. The number of esters is 1. The van der Waals surface area contributed by atoms with Crippen LogP contribution in [0, 0.1) is 0 Å². The van der Waals surface area contributed by atoms with Crippen molar-refractivity contribution in [2.24, 2.45) is 4.99 Å². The third-order valence-corrected chi connectivity index (χ3v) is 4.70. The van der Waals surface area contributed by atoms with Gasteiger partial charge in [-0.05, 0) is 61.0 Å². The molecule has 0 radical (unpaired) electrons. The van der Waals surface area contributed by atoms with Gasteiger partial charge in [-0.1, -0.05) is 38.7 Å². The van der Waals surface area contributed by atoms with Crippen LogP contribution in [0.4, 0.5) is 5.69 Å². The Labute approximate surface area is 183 Å². The first kappa shape index (κ1) is 22.2. The van der Waals surface area contributed by atoms with Gasteiger partial charge in [-0.3, -0.25) is 9.98 Å². The van der Waals surface area contributed by atoms with Crippen LogP contribution in [0.25, 0.3) is 0 Å². The number of aromatic nitrogens is 1. The minimum absolute atomic E-state index is 0.405. The van der Waals surface area contributed by atoms with Crippen LogP contribution in [-0.4, -0.2) is 23.8 Å². The number of hydrogen-bond acceptors (Lipinski definition) is 5. The molecule has 0 bridgehead atoms. The van der Waals surface area contributed by atoms with Crippen LogP contribution in [0.15, 0.2) is 78.0 Å². The van der Waals surface area contributed by atoms with Gasteiger partial charge in [0, 0.05) is 24.2 Å². The fourth-order valence-corrected chi connectivity index (χ4v) is 2.95. The molecule has 2 aromatic carbocycles. The quantitative estimate of drug-likeness (QED) is 0.157. The molecular formula is C26H28N2O3. The number of aliphatic imine (C=N–C) groups is 1. The lowest BCUT2D eigenvalue weighted by molar-refractivity contribution is 0.0734. The van der Waals surface area contributed by atoms with E-state index in [1.807, 2.05) is 12.1 Å². The molecule has 0 spiro atoms. The van der Waals surface area contributed by atoms with E-state index in [-0.39, 0.29) is 0 Å². The molecule has 0 saturated carbocycles. The first-order valence-electron chi connectivity index (χ1n) is 10.7. The lowest BCUT2D eigenvalue weighted by Gasteiger charge is -2.08. The highest BCUT2D eigenvalue weighted by molar-refractivity contribution is 5.91. The van der Waals surface area contributed by atoms with Gasteiger partial charge in [-0.2, -0.15) is 0 Å². The predicted molar refractivity (Wildman–Crippen MR) is 124 cm³/mol. The monoisotopic (exact) mass is 416 g/mol. The van der Waals surface area contributed by atoms with Crippen molar-refractivity contribution in [1.29, 1.82) is 0 Å². The van der Waals surface area contributed by atoms with Crippen LogP contribution >= 0.6 is 0 Å². The Morgan fingerprint density at radius 3 is 2.39 bits per heavy atom. The number of hydrogen-bond donors (Lipinski definition) is 0. The summed E-state index contributed by atoms with van der Waals surface area (Å²) in [6.07, 6.45) is 11.2. The number of carbonyl (C=O) groups excluding carboxylic acids is 1. The fourth-order valence-electron chi connectivity index (χ4n) is 2.95. The SMILES string of the molecule is CCCCCCCOc1ccc(C(=O)Oc2ccc(N=Cc3cccnc3)cc2)cc1. The van der Waals surface area contributed by atoms with Gasteiger partial charge in [0.1, 0.15) is 11.5 Å². The molecule has 0 aliphatic carbocycles. The zero-order chi connectivity index (χ0) is 21.7. The highest BCUT2D eigenvalue weighted by Crippen LogP contribution is 2.20. The minimum atomic E-state index is -0.405. The van der Waals surface area contributed by atoms with E-state index in [0.29, 0.717) is 17.9 Å². The Hall–Kier alpha value is -3.47.